The second-order valence-corrected chi connectivity index (χ2v) is 16.1. The maximum Gasteiger partial charge on any atom is 0.364 e. The molecule has 0 saturated carbocycles. The highest BCUT2D eigenvalue weighted by Gasteiger charge is 2.59. The lowest BCUT2D eigenvalue weighted by molar-refractivity contribution is -0.371. The monoisotopic (exact) mass is 936 g/mol. The third-order valence-corrected chi connectivity index (χ3v) is 11.6. The zero-order valence-corrected chi connectivity index (χ0v) is 34.5. The van der Waals surface area contributed by atoms with Crippen LogP contribution in [0.15, 0.2) is 0 Å². The lowest BCUT2D eigenvalue weighted by atomic mass is 9.89. The molecule has 0 bridgehead atoms. The van der Waals surface area contributed by atoms with Crippen molar-refractivity contribution in [2.24, 2.45) is 0 Å². The van der Waals surface area contributed by atoms with Gasteiger partial charge in [0, 0.05) is 33.2 Å². The molecule has 0 spiro atoms. The summed E-state index contributed by atoms with van der Waals surface area (Å²) < 4.78 is 51.0. The van der Waals surface area contributed by atoms with Crippen molar-refractivity contribution in [3.05, 3.63) is 0 Å². The number of aliphatic carboxylic acids is 1. The smallest absolute Gasteiger partial charge is 0.364 e. The van der Waals surface area contributed by atoms with Crippen molar-refractivity contribution in [1.29, 1.82) is 0 Å². The highest BCUT2D eigenvalue weighted by atomic mass is 16.8. The number of rotatable bonds is 18. The molecule has 0 aromatic carbocycles. The molecule has 0 aromatic rings. The highest BCUT2D eigenvalue weighted by Crippen LogP contribution is 2.39. The molecule has 16 N–H and O–H groups in total. The lowest BCUT2D eigenvalue weighted by Crippen LogP contribution is -2.68. The highest BCUT2D eigenvalue weighted by molar-refractivity contribution is 5.81. The molecule has 28 heteroatoms. The van der Waals surface area contributed by atoms with Gasteiger partial charge in [-0.25, -0.2) is 4.79 Å². The van der Waals surface area contributed by atoms with E-state index in [-0.39, 0.29) is 6.42 Å². The van der Waals surface area contributed by atoms with Gasteiger partial charge in [-0.1, -0.05) is 0 Å². The SMILES string of the molecule is CNC(=O)C1OC(COC2OC(CO)C(OC3OC(CO)[C@H](O)C[C@@H]3O)C(O)C2O)C(OC2OC(CO)C(O)C(OC3(C(=O)O)C[C@@H](O)C(NC(C)=O)C(C[C@H](O)CO)O3)C2O)C1O. The van der Waals surface area contributed by atoms with Crippen molar-refractivity contribution in [2.45, 2.75) is 167 Å². The molecule has 2 amide bonds. The van der Waals surface area contributed by atoms with Crippen molar-refractivity contribution in [1.82, 2.24) is 10.6 Å². The molecular weight excluding hydrogens is 876 g/mol. The molecule has 0 radical (unpaired) electrons. The Morgan fingerprint density at radius 3 is 1.89 bits per heavy atom. The van der Waals surface area contributed by atoms with E-state index in [1.165, 1.54) is 7.05 Å². The van der Waals surface area contributed by atoms with Crippen LogP contribution in [0.1, 0.15) is 26.2 Å². The Labute approximate surface area is 363 Å². The molecule has 19 unspecified atom stereocenters. The van der Waals surface area contributed by atoms with Crippen LogP contribution in [0.2, 0.25) is 0 Å². The molecule has 0 aliphatic carbocycles. The Hall–Kier alpha value is -2.47. The number of likely N-dealkylation sites (N-methyl/N-ethyl adjacent to an activating group) is 1. The molecule has 370 valence electrons. The molecule has 5 heterocycles. The Morgan fingerprint density at radius 1 is 0.688 bits per heavy atom. The number of carbonyl (C=O) groups is 3. The summed E-state index contributed by atoms with van der Waals surface area (Å²) in [6.07, 6.45) is -38.0. The van der Waals surface area contributed by atoms with Gasteiger partial charge in [-0.15, -0.1) is 0 Å². The van der Waals surface area contributed by atoms with Crippen molar-refractivity contribution in [3.63, 3.8) is 0 Å². The normalized spacial score (nSPS) is 45.7. The summed E-state index contributed by atoms with van der Waals surface area (Å²) >= 11 is 0. The van der Waals surface area contributed by atoms with Crippen LogP contribution in [0.25, 0.3) is 0 Å². The number of hydrogen-bond donors (Lipinski definition) is 16. The third kappa shape index (κ3) is 11.4. The van der Waals surface area contributed by atoms with E-state index in [0.717, 1.165) is 6.92 Å². The van der Waals surface area contributed by atoms with Crippen LogP contribution < -0.4 is 10.6 Å². The summed E-state index contributed by atoms with van der Waals surface area (Å²) in [6.45, 7) is -3.04. The number of hydrogen-bond acceptors (Lipinski definition) is 25. The van der Waals surface area contributed by atoms with Gasteiger partial charge >= 0.3 is 5.97 Å². The quantitative estimate of drug-likeness (QED) is 0.0607. The van der Waals surface area contributed by atoms with E-state index in [2.05, 4.69) is 10.6 Å². The van der Waals surface area contributed by atoms with Gasteiger partial charge in [0.25, 0.3) is 11.7 Å². The summed E-state index contributed by atoms with van der Waals surface area (Å²) in [7, 11) is 1.21. The average Bonchev–Trinajstić information content (AvgIpc) is 3.56. The minimum Gasteiger partial charge on any atom is -0.477 e. The molecular formula is C36H60N2O26. The number of carboxylic acid groups (broad SMARTS) is 1. The number of aliphatic hydroxyl groups is 13. The molecule has 5 fully saturated rings. The molecule has 5 aliphatic heterocycles. The van der Waals surface area contributed by atoms with Gasteiger partial charge in [0.05, 0.1) is 63.5 Å². The van der Waals surface area contributed by atoms with Crippen LogP contribution in [0, 0.1) is 0 Å². The first-order valence-corrected chi connectivity index (χ1v) is 20.4. The third-order valence-electron chi connectivity index (χ3n) is 11.6. The van der Waals surface area contributed by atoms with Crippen molar-refractivity contribution >= 4 is 17.8 Å². The van der Waals surface area contributed by atoms with Crippen LogP contribution in [0.5, 0.6) is 0 Å². The van der Waals surface area contributed by atoms with E-state index in [9.17, 15) is 85.9 Å². The summed E-state index contributed by atoms with van der Waals surface area (Å²) in [4.78, 5) is 37.6. The van der Waals surface area contributed by atoms with E-state index < -0.39 is 204 Å². The summed E-state index contributed by atoms with van der Waals surface area (Å²) in [5.41, 5.74) is 0. The number of nitrogens with one attached hydrogen (secondary N) is 2. The van der Waals surface area contributed by atoms with Crippen LogP contribution in [-0.2, 0) is 57.0 Å². The van der Waals surface area contributed by atoms with Gasteiger partial charge in [-0.2, -0.15) is 0 Å². The van der Waals surface area contributed by atoms with Crippen LogP contribution in [0.4, 0.5) is 0 Å². The summed E-state index contributed by atoms with van der Waals surface area (Å²) in [6, 6.07) is -1.34. The van der Waals surface area contributed by atoms with E-state index >= 15 is 0 Å². The van der Waals surface area contributed by atoms with E-state index in [1.807, 2.05) is 0 Å². The number of ether oxygens (including phenoxy) is 9. The van der Waals surface area contributed by atoms with Crippen molar-refractivity contribution in [3.8, 4) is 0 Å². The number of carboxylic acids is 1. The van der Waals surface area contributed by atoms with Gasteiger partial charge < -0.3 is 125 Å². The summed E-state index contributed by atoms with van der Waals surface area (Å²) in [5, 5.41) is 152. The topological polar surface area (TPSA) is 442 Å². The molecule has 0 aromatic heterocycles. The Bertz CT molecular complexity index is 1540. The van der Waals surface area contributed by atoms with Crippen LogP contribution >= 0.6 is 0 Å². The lowest BCUT2D eigenvalue weighted by Gasteiger charge is -2.49. The maximum atomic E-state index is 12.9. The molecule has 5 aliphatic rings. The maximum absolute atomic E-state index is 12.9. The Kier molecular flexibility index (Phi) is 18.5. The zero-order chi connectivity index (χ0) is 47.4. The van der Waals surface area contributed by atoms with Crippen LogP contribution in [-0.4, -0.2) is 270 Å². The van der Waals surface area contributed by atoms with Gasteiger partial charge in [0.2, 0.25) is 5.91 Å². The molecule has 5 saturated heterocycles. The van der Waals surface area contributed by atoms with Gasteiger partial charge in [-0.3, -0.25) is 9.59 Å². The Balaban J connectivity index is 1.34. The fourth-order valence-electron chi connectivity index (χ4n) is 8.17. The first-order valence-electron chi connectivity index (χ1n) is 20.4. The fourth-order valence-corrected chi connectivity index (χ4v) is 8.17. The van der Waals surface area contributed by atoms with E-state index in [4.69, 9.17) is 42.6 Å². The number of amides is 2. The number of aliphatic hydroxyl groups excluding tert-OH is 13. The minimum absolute atomic E-state index is 0.287. The largest absolute Gasteiger partial charge is 0.477 e. The van der Waals surface area contributed by atoms with E-state index in [0.29, 0.717) is 0 Å². The predicted octanol–water partition coefficient (Wildman–Crippen LogP) is -10.1. The minimum atomic E-state index is -2.95. The standard InChI is InChI=1S/C36H60N2O26/c1-11(43)38-21-15(47)5-36(35(54)55,63-16(21)3-12(44)6-39)64-29-22(48)18(8-41)59-34(26(29)52)62-28-20(57-30(25(28)51)31(53)37-2)10-56-33-24(50)23(49)27(19(9-42)60-33)61-32-14(46)4-13(45)17(7-40)58-32/h12-30,32-34,39-42,44-52H,3-10H2,1-2H3,(H,37,53)(H,38,43)(H,54,55)/t12-,13+,14-,15+,16?,17?,18?,19?,20?,21?,22?,23?,24?,25?,26?,27?,28?,29?,30?,32?,33?,34?,36?/m0/s1. The Morgan fingerprint density at radius 2 is 1.30 bits per heavy atom. The zero-order valence-electron chi connectivity index (χ0n) is 34.5. The van der Waals surface area contributed by atoms with Gasteiger partial charge in [-0.05, 0) is 0 Å². The molecule has 64 heavy (non-hydrogen) atoms. The first kappa shape index (κ1) is 52.5. The van der Waals surface area contributed by atoms with Crippen molar-refractivity contribution < 1.29 is 129 Å². The van der Waals surface area contributed by atoms with Crippen molar-refractivity contribution in [2.75, 3.05) is 40.1 Å². The predicted molar refractivity (Wildman–Crippen MR) is 198 cm³/mol. The van der Waals surface area contributed by atoms with Crippen LogP contribution in [0.3, 0.4) is 0 Å². The second kappa shape index (κ2) is 22.6. The molecule has 5 rings (SSSR count). The first-order chi connectivity index (χ1) is 30.2. The average molecular weight is 937 g/mol. The molecule has 28 nitrogen and oxygen atoms in total. The summed E-state index contributed by atoms with van der Waals surface area (Å²) in [5.74, 6) is -6.43. The number of carbonyl (C=O) groups excluding carboxylic acids is 2. The van der Waals surface area contributed by atoms with Gasteiger partial charge in [0.1, 0.15) is 79.4 Å². The molecule has 23 atom stereocenters. The van der Waals surface area contributed by atoms with E-state index in [1.54, 1.807) is 0 Å². The second-order valence-electron chi connectivity index (χ2n) is 16.1. The van der Waals surface area contributed by atoms with Gasteiger partial charge in [0.15, 0.2) is 25.0 Å². The fraction of sp³-hybridized carbons (Fsp3) is 0.917.